The average Bonchev–Trinajstić information content (AvgIpc) is 2.92. The summed E-state index contributed by atoms with van der Waals surface area (Å²) < 4.78 is 0. The predicted octanol–water partition coefficient (Wildman–Crippen LogP) is 2.59. The normalized spacial score (nSPS) is 17.7. The van der Waals surface area contributed by atoms with Gasteiger partial charge in [-0.25, -0.2) is 0 Å². The molecule has 21 heavy (non-hydrogen) atoms. The number of nitrogens with two attached hydrogens (primary N) is 1. The smallest absolute Gasteiger partial charge is 0.241 e. The van der Waals surface area contributed by atoms with Gasteiger partial charge in [-0.1, -0.05) is 39.0 Å². The average molecular weight is 289 g/mol. The first-order chi connectivity index (χ1) is 9.88. The SMILES string of the molecule is CC(C)(C)[C@@H](N)C(=O)Nc1ccccc1CN1CCCC1. The quantitative estimate of drug-likeness (QED) is 0.895. The molecule has 4 heteroatoms. The monoisotopic (exact) mass is 289 g/mol. The molecule has 0 saturated carbocycles. The lowest BCUT2D eigenvalue weighted by Crippen LogP contribution is -2.45. The molecule has 1 amide bonds. The highest BCUT2D eigenvalue weighted by atomic mass is 16.2. The summed E-state index contributed by atoms with van der Waals surface area (Å²) in [6.45, 7) is 9.11. The van der Waals surface area contributed by atoms with Crippen molar-refractivity contribution in [2.24, 2.45) is 11.1 Å². The number of nitrogens with one attached hydrogen (secondary N) is 1. The Kier molecular flexibility index (Phi) is 5.01. The van der Waals surface area contributed by atoms with Gasteiger partial charge in [0.15, 0.2) is 0 Å². The minimum Gasteiger partial charge on any atom is -0.324 e. The lowest BCUT2D eigenvalue weighted by molar-refractivity contribution is -0.119. The number of carbonyl (C=O) groups excluding carboxylic acids is 1. The molecule has 1 saturated heterocycles. The minimum absolute atomic E-state index is 0.114. The van der Waals surface area contributed by atoms with Gasteiger partial charge in [-0.3, -0.25) is 9.69 Å². The van der Waals surface area contributed by atoms with Crippen molar-refractivity contribution in [1.82, 2.24) is 4.90 Å². The number of para-hydroxylation sites is 1. The molecular weight excluding hydrogens is 262 g/mol. The number of anilines is 1. The number of hydrogen-bond acceptors (Lipinski definition) is 3. The summed E-state index contributed by atoms with van der Waals surface area (Å²) in [7, 11) is 0. The van der Waals surface area contributed by atoms with Crippen molar-refractivity contribution < 1.29 is 4.79 Å². The highest BCUT2D eigenvalue weighted by Gasteiger charge is 2.27. The largest absolute Gasteiger partial charge is 0.324 e. The second kappa shape index (κ2) is 6.58. The molecule has 2 rings (SSSR count). The van der Waals surface area contributed by atoms with E-state index in [-0.39, 0.29) is 11.3 Å². The fourth-order valence-electron chi connectivity index (χ4n) is 2.57. The van der Waals surface area contributed by atoms with Crippen molar-refractivity contribution in [1.29, 1.82) is 0 Å². The van der Waals surface area contributed by atoms with E-state index in [0.717, 1.165) is 30.9 Å². The van der Waals surface area contributed by atoms with Crippen LogP contribution in [0.1, 0.15) is 39.2 Å². The second-order valence-electron chi connectivity index (χ2n) is 6.97. The van der Waals surface area contributed by atoms with Crippen LogP contribution in [0.5, 0.6) is 0 Å². The van der Waals surface area contributed by atoms with Crippen molar-refractivity contribution in [2.75, 3.05) is 18.4 Å². The maximum absolute atomic E-state index is 12.3. The van der Waals surface area contributed by atoms with E-state index < -0.39 is 6.04 Å². The van der Waals surface area contributed by atoms with E-state index in [2.05, 4.69) is 16.3 Å². The van der Waals surface area contributed by atoms with Crippen LogP contribution in [0.2, 0.25) is 0 Å². The molecule has 0 spiro atoms. The lowest BCUT2D eigenvalue weighted by atomic mass is 9.87. The molecular formula is C17H27N3O. The van der Waals surface area contributed by atoms with Crippen LogP contribution in [-0.4, -0.2) is 29.9 Å². The van der Waals surface area contributed by atoms with Crippen molar-refractivity contribution in [2.45, 2.75) is 46.2 Å². The Morgan fingerprint density at radius 3 is 2.52 bits per heavy atom. The Morgan fingerprint density at radius 1 is 1.29 bits per heavy atom. The van der Waals surface area contributed by atoms with Crippen LogP contribution in [0.3, 0.4) is 0 Å². The van der Waals surface area contributed by atoms with Gasteiger partial charge in [-0.05, 0) is 43.0 Å². The Labute approximate surface area is 127 Å². The molecule has 0 aromatic heterocycles. The summed E-state index contributed by atoms with van der Waals surface area (Å²) in [4.78, 5) is 14.7. The zero-order valence-corrected chi connectivity index (χ0v) is 13.4. The third-order valence-electron chi connectivity index (χ3n) is 4.08. The van der Waals surface area contributed by atoms with Gasteiger partial charge in [0.2, 0.25) is 5.91 Å². The van der Waals surface area contributed by atoms with Gasteiger partial charge in [0, 0.05) is 12.2 Å². The van der Waals surface area contributed by atoms with Gasteiger partial charge in [-0.15, -0.1) is 0 Å². The number of likely N-dealkylation sites (tertiary alicyclic amines) is 1. The molecule has 1 aliphatic heterocycles. The standard InChI is InChI=1S/C17H27N3O/c1-17(2,3)15(18)16(21)19-14-9-5-4-8-13(14)12-20-10-6-7-11-20/h4-5,8-9,15H,6-7,10-12,18H2,1-3H3,(H,19,21)/t15-/m0/s1. The topological polar surface area (TPSA) is 58.4 Å². The minimum atomic E-state index is -0.516. The molecule has 1 aromatic carbocycles. The van der Waals surface area contributed by atoms with E-state index in [0.29, 0.717) is 0 Å². The van der Waals surface area contributed by atoms with Crippen molar-refractivity contribution in [3.8, 4) is 0 Å². The molecule has 1 aliphatic rings. The summed E-state index contributed by atoms with van der Waals surface area (Å²) in [5.74, 6) is -0.114. The van der Waals surface area contributed by atoms with Crippen LogP contribution in [-0.2, 0) is 11.3 Å². The summed E-state index contributed by atoms with van der Waals surface area (Å²) in [5.41, 5.74) is 7.84. The van der Waals surface area contributed by atoms with Crippen LogP contribution in [0.25, 0.3) is 0 Å². The Hall–Kier alpha value is -1.39. The summed E-state index contributed by atoms with van der Waals surface area (Å²) in [6, 6.07) is 7.49. The van der Waals surface area contributed by atoms with E-state index in [4.69, 9.17) is 5.73 Å². The highest BCUT2D eigenvalue weighted by Crippen LogP contribution is 2.22. The second-order valence-corrected chi connectivity index (χ2v) is 6.97. The maximum Gasteiger partial charge on any atom is 0.241 e. The first-order valence-electron chi connectivity index (χ1n) is 7.74. The van der Waals surface area contributed by atoms with E-state index in [1.54, 1.807) is 0 Å². The molecule has 0 unspecified atom stereocenters. The van der Waals surface area contributed by atoms with Crippen LogP contribution in [0.15, 0.2) is 24.3 Å². The highest BCUT2D eigenvalue weighted by molar-refractivity contribution is 5.95. The fraction of sp³-hybridized carbons (Fsp3) is 0.588. The third kappa shape index (κ3) is 4.29. The van der Waals surface area contributed by atoms with Crippen LogP contribution in [0, 0.1) is 5.41 Å². The molecule has 0 aliphatic carbocycles. The number of rotatable bonds is 4. The summed E-state index contributed by atoms with van der Waals surface area (Å²) in [6.07, 6.45) is 2.53. The van der Waals surface area contributed by atoms with Gasteiger partial charge in [-0.2, -0.15) is 0 Å². The Balaban J connectivity index is 2.07. The zero-order valence-electron chi connectivity index (χ0n) is 13.4. The molecule has 1 atom stereocenters. The van der Waals surface area contributed by atoms with Crippen molar-refractivity contribution in [3.05, 3.63) is 29.8 Å². The zero-order chi connectivity index (χ0) is 15.5. The summed E-state index contributed by atoms with van der Waals surface area (Å²) >= 11 is 0. The molecule has 1 aromatic rings. The van der Waals surface area contributed by atoms with Gasteiger partial charge in [0.05, 0.1) is 6.04 Å². The number of nitrogens with zero attached hydrogens (tertiary/aromatic N) is 1. The molecule has 0 bridgehead atoms. The predicted molar refractivity (Wildman–Crippen MR) is 87.0 cm³/mol. The third-order valence-corrected chi connectivity index (χ3v) is 4.08. The van der Waals surface area contributed by atoms with E-state index >= 15 is 0 Å². The van der Waals surface area contributed by atoms with Gasteiger partial charge >= 0.3 is 0 Å². The maximum atomic E-state index is 12.3. The fourth-order valence-corrected chi connectivity index (χ4v) is 2.57. The molecule has 1 fully saturated rings. The molecule has 1 heterocycles. The van der Waals surface area contributed by atoms with E-state index in [1.165, 1.54) is 12.8 Å². The van der Waals surface area contributed by atoms with E-state index in [1.807, 2.05) is 39.0 Å². The van der Waals surface area contributed by atoms with E-state index in [9.17, 15) is 4.79 Å². The van der Waals surface area contributed by atoms with Gasteiger partial charge in [0.25, 0.3) is 0 Å². The number of benzene rings is 1. The first kappa shape index (κ1) is 16.0. The Bertz CT molecular complexity index is 487. The van der Waals surface area contributed by atoms with Gasteiger partial charge in [0.1, 0.15) is 0 Å². The molecule has 116 valence electrons. The van der Waals surface area contributed by atoms with Crippen LogP contribution >= 0.6 is 0 Å². The molecule has 0 radical (unpaired) electrons. The molecule has 3 N–H and O–H groups in total. The van der Waals surface area contributed by atoms with Crippen molar-refractivity contribution >= 4 is 11.6 Å². The van der Waals surface area contributed by atoms with Crippen molar-refractivity contribution in [3.63, 3.8) is 0 Å². The lowest BCUT2D eigenvalue weighted by Gasteiger charge is -2.26. The van der Waals surface area contributed by atoms with Crippen LogP contribution in [0.4, 0.5) is 5.69 Å². The summed E-state index contributed by atoms with van der Waals surface area (Å²) in [5, 5.41) is 3.00. The number of hydrogen-bond donors (Lipinski definition) is 2. The number of amides is 1. The van der Waals surface area contributed by atoms with Crippen LogP contribution < -0.4 is 11.1 Å². The molecule has 4 nitrogen and oxygen atoms in total. The van der Waals surface area contributed by atoms with Gasteiger partial charge < -0.3 is 11.1 Å². The Morgan fingerprint density at radius 2 is 1.90 bits per heavy atom. The first-order valence-corrected chi connectivity index (χ1v) is 7.74. The number of carbonyl (C=O) groups is 1.